The van der Waals surface area contributed by atoms with Gasteiger partial charge in [-0.25, -0.2) is 9.97 Å². The molecule has 4 aromatic rings. The lowest BCUT2D eigenvalue weighted by molar-refractivity contribution is -0.116. The molecule has 0 atom stereocenters. The van der Waals surface area contributed by atoms with Crippen LogP contribution in [0.4, 0.5) is 5.13 Å². The third-order valence-corrected chi connectivity index (χ3v) is 6.03. The van der Waals surface area contributed by atoms with Crippen LogP contribution in [0.25, 0.3) is 22.2 Å². The zero-order valence-corrected chi connectivity index (χ0v) is 17.5. The maximum atomic E-state index is 12.5. The van der Waals surface area contributed by atoms with E-state index in [4.69, 9.17) is 4.74 Å². The molecule has 0 unspecified atom stereocenters. The number of aromatic nitrogens is 3. The van der Waals surface area contributed by atoms with Gasteiger partial charge in [0.1, 0.15) is 5.75 Å². The minimum Gasteiger partial charge on any atom is -0.493 e. The minimum atomic E-state index is -0.120. The zero-order valence-electron chi connectivity index (χ0n) is 16.7. The summed E-state index contributed by atoms with van der Waals surface area (Å²) < 4.78 is 7.10. The van der Waals surface area contributed by atoms with E-state index >= 15 is 0 Å². The molecule has 31 heavy (non-hydrogen) atoms. The summed E-state index contributed by atoms with van der Waals surface area (Å²) in [5, 5.41) is 5.95. The first-order valence-corrected chi connectivity index (χ1v) is 11.0. The molecule has 156 valence electrons. The number of amides is 1. The summed E-state index contributed by atoms with van der Waals surface area (Å²) in [6.45, 7) is 1.16. The van der Waals surface area contributed by atoms with E-state index in [0.717, 1.165) is 30.0 Å². The Morgan fingerprint density at radius 1 is 1.23 bits per heavy atom. The number of fused-ring (bicyclic) bond motifs is 2. The van der Waals surface area contributed by atoms with Crippen molar-refractivity contribution in [2.75, 3.05) is 11.9 Å². The van der Waals surface area contributed by atoms with Gasteiger partial charge >= 0.3 is 0 Å². The summed E-state index contributed by atoms with van der Waals surface area (Å²) in [7, 11) is 0. The average Bonchev–Trinajstić information content (AvgIpc) is 3.44. The predicted molar refractivity (Wildman–Crippen MR) is 121 cm³/mol. The summed E-state index contributed by atoms with van der Waals surface area (Å²) >= 11 is 1.40. The van der Waals surface area contributed by atoms with Gasteiger partial charge < -0.3 is 10.1 Å². The number of aryl methyl sites for hydroxylation is 1. The lowest BCUT2D eigenvalue weighted by Gasteiger charge is -2.06. The van der Waals surface area contributed by atoms with E-state index in [1.807, 2.05) is 35.7 Å². The quantitative estimate of drug-likeness (QED) is 0.500. The van der Waals surface area contributed by atoms with E-state index < -0.39 is 0 Å². The number of benzene rings is 2. The number of para-hydroxylation sites is 1. The fraction of sp³-hybridized carbons (Fsp3) is 0.217. The third-order valence-electron chi connectivity index (χ3n) is 5.27. The molecule has 3 heterocycles. The van der Waals surface area contributed by atoms with E-state index in [1.165, 1.54) is 23.2 Å². The second kappa shape index (κ2) is 8.31. The Balaban J connectivity index is 1.18. The lowest BCUT2D eigenvalue weighted by Crippen LogP contribution is -2.21. The molecule has 2 aromatic carbocycles. The van der Waals surface area contributed by atoms with Gasteiger partial charge in [0, 0.05) is 30.3 Å². The van der Waals surface area contributed by atoms with Crippen LogP contribution in [0.5, 0.6) is 5.75 Å². The average molecular weight is 433 g/mol. The van der Waals surface area contributed by atoms with Crippen molar-refractivity contribution in [3.05, 3.63) is 70.1 Å². The van der Waals surface area contributed by atoms with Gasteiger partial charge in [0.2, 0.25) is 5.91 Å². The van der Waals surface area contributed by atoms with Gasteiger partial charge in [-0.3, -0.25) is 14.2 Å². The second-order valence-corrected chi connectivity index (χ2v) is 8.23. The van der Waals surface area contributed by atoms with E-state index in [1.54, 1.807) is 10.6 Å². The highest BCUT2D eigenvalue weighted by atomic mass is 32.1. The van der Waals surface area contributed by atoms with Crippen LogP contribution in [-0.2, 0) is 17.8 Å². The molecule has 5 rings (SSSR count). The first-order chi connectivity index (χ1) is 15.2. The van der Waals surface area contributed by atoms with Gasteiger partial charge in [-0.15, -0.1) is 11.3 Å². The predicted octanol–water partition coefficient (Wildman–Crippen LogP) is 3.87. The number of nitrogens with zero attached hydrogens (tertiary/aromatic N) is 3. The first kappa shape index (κ1) is 19.4. The Bertz CT molecular complexity index is 1330. The summed E-state index contributed by atoms with van der Waals surface area (Å²) in [6, 6.07) is 13.3. The van der Waals surface area contributed by atoms with Crippen molar-refractivity contribution in [3.63, 3.8) is 0 Å². The Hall–Kier alpha value is -3.52. The van der Waals surface area contributed by atoms with Gasteiger partial charge in [-0.2, -0.15) is 0 Å². The molecule has 0 bridgehead atoms. The monoisotopic (exact) mass is 432 g/mol. The summed E-state index contributed by atoms with van der Waals surface area (Å²) in [5.74, 6) is 0.818. The van der Waals surface area contributed by atoms with Crippen molar-refractivity contribution >= 4 is 33.3 Å². The van der Waals surface area contributed by atoms with E-state index in [2.05, 4.69) is 21.4 Å². The molecule has 8 heteroatoms. The van der Waals surface area contributed by atoms with Crippen molar-refractivity contribution in [1.29, 1.82) is 0 Å². The van der Waals surface area contributed by atoms with Crippen molar-refractivity contribution in [2.45, 2.75) is 25.8 Å². The molecule has 0 aliphatic carbocycles. The van der Waals surface area contributed by atoms with Gasteiger partial charge in [0.15, 0.2) is 5.13 Å². The van der Waals surface area contributed by atoms with Crippen molar-refractivity contribution in [2.24, 2.45) is 0 Å². The molecule has 1 aliphatic rings. The fourth-order valence-corrected chi connectivity index (χ4v) is 4.40. The highest BCUT2D eigenvalue weighted by Crippen LogP contribution is 2.31. The van der Waals surface area contributed by atoms with Crippen LogP contribution < -0.4 is 15.6 Å². The van der Waals surface area contributed by atoms with Gasteiger partial charge in [0.05, 0.1) is 29.5 Å². The second-order valence-electron chi connectivity index (χ2n) is 7.37. The molecule has 1 amide bonds. The largest absolute Gasteiger partial charge is 0.493 e. The SMILES string of the molecule is O=C(CCCn1cnc2ccccc2c1=O)Nc1nc(-c2ccc3c(c2)CCO3)cs1. The van der Waals surface area contributed by atoms with Crippen LogP contribution in [0.15, 0.2) is 59.0 Å². The maximum Gasteiger partial charge on any atom is 0.261 e. The van der Waals surface area contributed by atoms with Crippen molar-refractivity contribution in [3.8, 4) is 17.0 Å². The van der Waals surface area contributed by atoms with Gasteiger partial charge in [-0.1, -0.05) is 12.1 Å². The van der Waals surface area contributed by atoms with Gasteiger partial charge in [-0.05, 0) is 42.3 Å². The Kier molecular flexibility index (Phi) is 5.21. The molecule has 2 aromatic heterocycles. The van der Waals surface area contributed by atoms with Crippen LogP contribution in [0, 0.1) is 0 Å². The highest BCUT2D eigenvalue weighted by Gasteiger charge is 2.14. The number of ether oxygens (including phenoxy) is 1. The number of hydrogen-bond acceptors (Lipinski definition) is 6. The van der Waals surface area contributed by atoms with E-state index in [0.29, 0.717) is 35.4 Å². The number of rotatable bonds is 6. The molecule has 0 radical (unpaired) electrons. The van der Waals surface area contributed by atoms with Crippen LogP contribution in [0.1, 0.15) is 18.4 Å². The topological polar surface area (TPSA) is 86.1 Å². The van der Waals surface area contributed by atoms with E-state index in [-0.39, 0.29) is 11.5 Å². The number of carbonyl (C=O) groups is 1. The molecule has 0 spiro atoms. The first-order valence-electron chi connectivity index (χ1n) is 10.1. The maximum absolute atomic E-state index is 12.5. The van der Waals surface area contributed by atoms with E-state index in [9.17, 15) is 9.59 Å². The number of thiazole rings is 1. The summed E-state index contributed by atoms with van der Waals surface area (Å²) in [4.78, 5) is 33.7. The molecule has 7 nitrogen and oxygen atoms in total. The Labute approximate surface area is 182 Å². The van der Waals surface area contributed by atoms with Crippen LogP contribution in [0.3, 0.4) is 0 Å². The van der Waals surface area contributed by atoms with Crippen LogP contribution in [0.2, 0.25) is 0 Å². The third kappa shape index (κ3) is 4.06. The van der Waals surface area contributed by atoms with Crippen LogP contribution in [-0.4, -0.2) is 27.0 Å². The molecule has 1 N–H and O–H groups in total. The molecule has 0 saturated heterocycles. The smallest absolute Gasteiger partial charge is 0.261 e. The molecule has 0 fully saturated rings. The summed E-state index contributed by atoms with van der Waals surface area (Å²) in [6.07, 6.45) is 3.28. The highest BCUT2D eigenvalue weighted by molar-refractivity contribution is 7.14. The standard InChI is InChI=1S/C23H20N4O3S/c28-21(6-3-10-27-14-24-18-5-2-1-4-17(18)22(27)29)26-23-25-19(13-31-23)15-7-8-20-16(12-15)9-11-30-20/h1-2,4-5,7-8,12-14H,3,6,9-11H2,(H,25,26,28). The number of carbonyl (C=O) groups excluding carboxylic acids is 1. The number of nitrogens with one attached hydrogen (secondary N) is 1. The van der Waals surface area contributed by atoms with Crippen LogP contribution >= 0.6 is 11.3 Å². The molecular weight excluding hydrogens is 412 g/mol. The van der Waals surface area contributed by atoms with Crippen molar-refractivity contribution in [1.82, 2.24) is 14.5 Å². The number of hydrogen-bond donors (Lipinski definition) is 1. The number of anilines is 1. The minimum absolute atomic E-state index is 0.0877. The normalized spacial score (nSPS) is 12.5. The zero-order chi connectivity index (χ0) is 21.2. The Morgan fingerprint density at radius 2 is 2.13 bits per heavy atom. The molecular formula is C23H20N4O3S. The lowest BCUT2D eigenvalue weighted by atomic mass is 10.1. The van der Waals surface area contributed by atoms with Gasteiger partial charge in [0.25, 0.3) is 5.56 Å². The Morgan fingerprint density at radius 3 is 3.06 bits per heavy atom. The molecule has 0 saturated carbocycles. The fourth-order valence-electron chi connectivity index (χ4n) is 3.67. The van der Waals surface area contributed by atoms with Crippen molar-refractivity contribution < 1.29 is 9.53 Å². The summed E-state index contributed by atoms with van der Waals surface area (Å²) in [5.41, 5.74) is 3.63. The molecule has 1 aliphatic heterocycles.